The van der Waals surface area contributed by atoms with E-state index < -0.39 is 0 Å². The van der Waals surface area contributed by atoms with E-state index in [4.69, 9.17) is 0 Å². The molecule has 0 saturated heterocycles. The Morgan fingerprint density at radius 2 is 2.09 bits per heavy atom. The van der Waals surface area contributed by atoms with Crippen molar-refractivity contribution in [2.24, 2.45) is 0 Å². The van der Waals surface area contributed by atoms with E-state index in [2.05, 4.69) is 11.9 Å². The van der Waals surface area contributed by atoms with Crippen molar-refractivity contribution >= 4 is 18.1 Å². The highest BCUT2D eigenvalue weighted by molar-refractivity contribution is 6.01. The van der Waals surface area contributed by atoms with Gasteiger partial charge in [0, 0.05) is 25.6 Å². The van der Waals surface area contributed by atoms with Crippen molar-refractivity contribution in [1.29, 1.82) is 0 Å². The first-order valence-electron chi connectivity index (χ1n) is 7.27. The molecule has 0 atom stereocenters. The molecule has 0 aliphatic heterocycles. The third-order valence-corrected chi connectivity index (χ3v) is 3.39. The van der Waals surface area contributed by atoms with Gasteiger partial charge in [-0.05, 0) is 36.7 Å². The number of nitrogens with zero attached hydrogens (tertiary/aromatic N) is 1. The van der Waals surface area contributed by atoms with Gasteiger partial charge >= 0.3 is 0 Å². The number of amides is 2. The van der Waals surface area contributed by atoms with E-state index in [1.807, 2.05) is 13.0 Å². The van der Waals surface area contributed by atoms with Gasteiger partial charge in [0.2, 0.25) is 5.91 Å². The Balaban J connectivity index is 2.68. The third-order valence-electron chi connectivity index (χ3n) is 3.39. The lowest BCUT2D eigenvalue weighted by Gasteiger charge is -2.18. The van der Waals surface area contributed by atoms with Crippen LogP contribution in [-0.4, -0.2) is 36.6 Å². The molecule has 0 heterocycles. The van der Waals surface area contributed by atoms with Crippen LogP contribution in [0.15, 0.2) is 31.0 Å². The van der Waals surface area contributed by atoms with Gasteiger partial charge in [-0.1, -0.05) is 19.6 Å². The molecule has 0 spiro atoms. The number of hydrogen-bond donors (Lipinski definition) is 1. The molecule has 0 aliphatic rings. The smallest absolute Gasteiger partial charge is 0.254 e. The number of aldehydes is 1. The van der Waals surface area contributed by atoms with Crippen molar-refractivity contribution < 1.29 is 14.4 Å². The van der Waals surface area contributed by atoms with Crippen molar-refractivity contribution in [2.45, 2.75) is 26.2 Å². The Hall–Kier alpha value is -2.43. The minimum Gasteiger partial charge on any atom is -0.342 e. The number of rotatable bonds is 8. The van der Waals surface area contributed by atoms with E-state index in [9.17, 15) is 14.4 Å². The van der Waals surface area contributed by atoms with Gasteiger partial charge in [-0.15, -0.1) is 0 Å². The highest BCUT2D eigenvalue weighted by Gasteiger charge is 2.16. The SMILES string of the molecule is C=CNC(=O)CCCN(C)C(=O)c1ccc(CC)cc1C=O. The van der Waals surface area contributed by atoms with E-state index in [0.717, 1.165) is 12.0 Å². The molecule has 1 N–H and O–H groups in total. The lowest BCUT2D eigenvalue weighted by atomic mass is 10.0. The maximum Gasteiger partial charge on any atom is 0.254 e. The standard InChI is InChI=1S/C17H22N2O3/c1-4-13-8-9-15(14(11-13)12-20)17(22)19(3)10-6-7-16(21)18-5-2/h5,8-9,11-12H,2,4,6-7,10H2,1,3H3,(H,18,21). The lowest BCUT2D eigenvalue weighted by molar-refractivity contribution is -0.120. The minimum absolute atomic E-state index is 0.128. The van der Waals surface area contributed by atoms with Crippen LogP contribution in [0, 0.1) is 0 Å². The number of benzene rings is 1. The van der Waals surface area contributed by atoms with Crippen LogP contribution < -0.4 is 5.32 Å². The molecule has 118 valence electrons. The zero-order chi connectivity index (χ0) is 16.5. The summed E-state index contributed by atoms with van der Waals surface area (Å²) >= 11 is 0. The maximum atomic E-state index is 12.4. The van der Waals surface area contributed by atoms with Gasteiger partial charge in [0.25, 0.3) is 5.91 Å². The van der Waals surface area contributed by atoms with Crippen LogP contribution in [-0.2, 0) is 11.2 Å². The van der Waals surface area contributed by atoms with Crippen molar-refractivity contribution in [3.05, 3.63) is 47.7 Å². The van der Waals surface area contributed by atoms with Gasteiger partial charge in [-0.2, -0.15) is 0 Å². The van der Waals surface area contributed by atoms with Crippen molar-refractivity contribution in [1.82, 2.24) is 10.2 Å². The monoisotopic (exact) mass is 302 g/mol. The molecular weight excluding hydrogens is 280 g/mol. The maximum absolute atomic E-state index is 12.4. The second-order valence-electron chi connectivity index (χ2n) is 4.99. The summed E-state index contributed by atoms with van der Waals surface area (Å²) in [4.78, 5) is 36.4. The van der Waals surface area contributed by atoms with Crippen LogP contribution in [0.2, 0.25) is 0 Å². The van der Waals surface area contributed by atoms with Crippen LogP contribution in [0.5, 0.6) is 0 Å². The highest BCUT2D eigenvalue weighted by Crippen LogP contribution is 2.13. The van der Waals surface area contributed by atoms with Crippen LogP contribution in [0.3, 0.4) is 0 Å². The molecule has 0 bridgehead atoms. The predicted octanol–water partition coefficient (Wildman–Crippen LogP) is 2.17. The summed E-state index contributed by atoms with van der Waals surface area (Å²) in [6.07, 6.45) is 3.72. The predicted molar refractivity (Wildman–Crippen MR) is 85.7 cm³/mol. The summed E-state index contributed by atoms with van der Waals surface area (Å²) in [5.74, 6) is -0.342. The molecule has 0 saturated carbocycles. The largest absolute Gasteiger partial charge is 0.342 e. The average Bonchev–Trinajstić information content (AvgIpc) is 2.53. The molecule has 1 rings (SSSR count). The zero-order valence-electron chi connectivity index (χ0n) is 13.1. The fraction of sp³-hybridized carbons (Fsp3) is 0.353. The van der Waals surface area contributed by atoms with Gasteiger partial charge in [-0.3, -0.25) is 14.4 Å². The van der Waals surface area contributed by atoms with Gasteiger partial charge in [0.15, 0.2) is 6.29 Å². The number of carbonyl (C=O) groups is 3. The molecule has 0 unspecified atom stereocenters. The number of nitrogens with one attached hydrogen (secondary N) is 1. The van der Waals surface area contributed by atoms with E-state index in [-0.39, 0.29) is 11.8 Å². The van der Waals surface area contributed by atoms with E-state index in [1.165, 1.54) is 11.1 Å². The summed E-state index contributed by atoms with van der Waals surface area (Å²) in [7, 11) is 1.66. The average molecular weight is 302 g/mol. The number of carbonyl (C=O) groups excluding carboxylic acids is 3. The molecule has 0 radical (unpaired) electrons. The molecule has 1 aromatic carbocycles. The van der Waals surface area contributed by atoms with E-state index in [0.29, 0.717) is 36.8 Å². The van der Waals surface area contributed by atoms with E-state index >= 15 is 0 Å². The quantitative estimate of drug-likeness (QED) is 0.748. The Kier molecular flexibility index (Phi) is 7.02. The van der Waals surface area contributed by atoms with Gasteiger partial charge in [0.05, 0.1) is 5.56 Å². The molecule has 1 aromatic rings. The fourth-order valence-electron chi connectivity index (χ4n) is 2.09. The Labute approximate surface area is 131 Å². The van der Waals surface area contributed by atoms with Gasteiger partial charge in [-0.25, -0.2) is 0 Å². The fourth-order valence-corrected chi connectivity index (χ4v) is 2.09. The first-order chi connectivity index (χ1) is 10.5. The Morgan fingerprint density at radius 1 is 1.36 bits per heavy atom. The minimum atomic E-state index is -0.214. The molecule has 0 fully saturated rings. The summed E-state index contributed by atoms with van der Waals surface area (Å²) in [5, 5.41) is 2.49. The van der Waals surface area contributed by atoms with Crippen LogP contribution in [0.4, 0.5) is 0 Å². The van der Waals surface area contributed by atoms with Gasteiger partial charge < -0.3 is 10.2 Å². The first-order valence-corrected chi connectivity index (χ1v) is 7.27. The summed E-state index contributed by atoms with van der Waals surface area (Å²) in [6, 6.07) is 5.28. The van der Waals surface area contributed by atoms with Crippen molar-refractivity contribution in [2.75, 3.05) is 13.6 Å². The van der Waals surface area contributed by atoms with E-state index in [1.54, 1.807) is 19.2 Å². The highest BCUT2D eigenvalue weighted by atomic mass is 16.2. The lowest BCUT2D eigenvalue weighted by Crippen LogP contribution is -2.29. The molecule has 0 aliphatic carbocycles. The second-order valence-corrected chi connectivity index (χ2v) is 4.99. The number of hydrogen-bond acceptors (Lipinski definition) is 3. The van der Waals surface area contributed by atoms with Crippen molar-refractivity contribution in [3.8, 4) is 0 Å². The third kappa shape index (κ3) is 4.84. The molecule has 22 heavy (non-hydrogen) atoms. The van der Waals surface area contributed by atoms with Crippen LogP contribution in [0.25, 0.3) is 0 Å². The Morgan fingerprint density at radius 3 is 2.68 bits per heavy atom. The topological polar surface area (TPSA) is 66.5 Å². The second kappa shape index (κ2) is 8.77. The Bertz CT molecular complexity index is 567. The summed E-state index contributed by atoms with van der Waals surface area (Å²) in [6.45, 7) is 5.85. The molecule has 0 aromatic heterocycles. The molecule has 5 heteroatoms. The molecule has 2 amide bonds. The molecule has 5 nitrogen and oxygen atoms in total. The zero-order valence-corrected chi connectivity index (χ0v) is 13.1. The normalized spacial score (nSPS) is 9.91. The summed E-state index contributed by atoms with van der Waals surface area (Å²) in [5.41, 5.74) is 1.81. The molecular formula is C17H22N2O3. The van der Waals surface area contributed by atoms with Crippen LogP contribution in [0.1, 0.15) is 46.0 Å². The van der Waals surface area contributed by atoms with Crippen molar-refractivity contribution in [3.63, 3.8) is 0 Å². The van der Waals surface area contributed by atoms with Gasteiger partial charge in [0.1, 0.15) is 0 Å². The van der Waals surface area contributed by atoms with Crippen LogP contribution >= 0.6 is 0 Å². The first kappa shape index (κ1) is 17.6. The number of aryl methyl sites for hydroxylation is 1. The summed E-state index contributed by atoms with van der Waals surface area (Å²) < 4.78 is 0.